The molecule has 1 saturated carbocycles. The second-order valence-electron chi connectivity index (χ2n) is 5.22. The molecule has 0 unspecified atom stereocenters. The third-order valence-electron chi connectivity index (χ3n) is 3.56. The van der Waals surface area contributed by atoms with Gasteiger partial charge in [-0.2, -0.15) is 0 Å². The van der Waals surface area contributed by atoms with Crippen molar-refractivity contribution in [3.8, 4) is 0 Å². The average molecular weight is 298 g/mol. The molecule has 2 rings (SSSR count). The maximum atomic E-state index is 4.49. The summed E-state index contributed by atoms with van der Waals surface area (Å²) in [6.45, 7) is 5.45. The first-order chi connectivity index (χ1) is 8.11. The van der Waals surface area contributed by atoms with Crippen LogP contribution in [0.3, 0.4) is 0 Å². The maximum absolute atomic E-state index is 4.49. The molecule has 0 saturated heterocycles. The van der Waals surface area contributed by atoms with E-state index in [4.69, 9.17) is 0 Å². The van der Waals surface area contributed by atoms with E-state index in [1.807, 2.05) is 6.07 Å². The lowest BCUT2D eigenvalue weighted by atomic mass is 9.89. The Labute approximate surface area is 112 Å². The van der Waals surface area contributed by atoms with Gasteiger partial charge in [0.2, 0.25) is 0 Å². The lowest BCUT2D eigenvalue weighted by Gasteiger charge is -2.24. The van der Waals surface area contributed by atoms with E-state index >= 15 is 0 Å². The molecule has 1 N–H and O–H groups in total. The standard InChI is InChI=1S/C13H20BrN3/c1-3-11-16-10(14)8-12(17-11)15-9-13(2)6-4-5-7-13/h8H,3-7,9H2,1-2H3,(H,15,16,17). The van der Waals surface area contributed by atoms with Gasteiger partial charge in [-0.25, -0.2) is 9.97 Å². The Morgan fingerprint density at radius 1 is 1.35 bits per heavy atom. The van der Waals surface area contributed by atoms with Crippen molar-refractivity contribution in [3.05, 3.63) is 16.5 Å². The minimum atomic E-state index is 0.448. The zero-order valence-corrected chi connectivity index (χ0v) is 12.2. The van der Waals surface area contributed by atoms with E-state index in [0.29, 0.717) is 5.41 Å². The molecule has 0 bridgehead atoms. The van der Waals surface area contributed by atoms with E-state index in [9.17, 15) is 0 Å². The number of aromatic nitrogens is 2. The molecule has 1 heterocycles. The summed E-state index contributed by atoms with van der Waals surface area (Å²) >= 11 is 3.43. The van der Waals surface area contributed by atoms with E-state index in [0.717, 1.165) is 29.2 Å². The fraction of sp³-hybridized carbons (Fsp3) is 0.692. The Balaban J connectivity index is 2.00. The van der Waals surface area contributed by atoms with Gasteiger partial charge < -0.3 is 5.32 Å². The van der Waals surface area contributed by atoms with E-state index in [1.165, 1.54) is 25.7 Å². The van der Waals surface area contributed by atoms with Gasteiger partial charge in [0.05, 0.1) is 0 Å². The van der Waals surface area contributed by atoms with E-state index in [1.54, 1.807) is 0 Å². The van der Waals surface area contributed by atoms with Gasteiger partial charge in [-0.1, -0.05) is 26.7 Å². The largest absolute Gasteiger partial charge is 0.369 e. The molecule has 3 nitrogen and oxygen atoms in total. The Morgan fingerprint density at radius 2 is 2.06 bits per heavy atom. The number of nitrogens with one attached hydrogen (secondary N) is 1. The summed E-state index contributed by atoms with van der Waals surface area (Å²) in [7, 11) is 0. The van der Waals surface area contributed by atoms with Crippen LogP contribution in [0, 0.1) is 5.41 Å². The zero-order valence-electron chi connectivity index (χ0n) is 10.6. The van der Waals surface area contributed by atoms with Crippen LogP contribution in [-0.4, -0.2) is 16.5 Å². The van der Waals surface area contributed by atoms with Gasteiger partial charge in [0.25, 0.3) is 0 Å². The Bertz CT molecular complexity index is 386. The van der Waals surface area contributed by atoms with Crippen LogP contribution in [0.4, 0.5) is 5.82 Å². The Kier molecular flexibility index (Phi) is 4.02. The zero-order chi connectivity index (χ0) is 12.3. The summed E-state index contributed by atoms with van der Waals surface area (Å²) in [6.07, 6.45) is 6.25. The van der Waals surface area contributed by atoms with Crippen molar-refractivity contribution in [2.75, 3.05) is 11.9 Å². The molecular weight excluding hydrogens is 278 g/mol. The second kappa shape index (κ2) is 5.34. The first kappa shape index (κ1) is 12.8. The lowest BCUT2D eigenvalue weighted by Crippen LogP contribution is -2.23. The minimum absolute atomic E-state index is 0.448. The van der Waals surface area contributed by atoms with Gasteiger partial charge in [0, 0.05) is 19.0 Å². The van der Waals surface area contributed by atoms with Crippen molar-refractivity contribution in [2.45, 2.75) is 46.0 Å². The highest BCUT2D eigenvalue weighted by molar-refractivity contribution is 9.10. The molecule has 1 aromatic heterocycles. The number of nitrogens with zero attached hydrogens (tertiary/aromatic N) is 2. The summed E-state index contributed by atoms with van der Waals surface area (Å²) in [5, 5.41) is 3.46. The topological polar surface area (TPSA) is 37.8 Å². The van der Waals surface area contributed by atoms with Gasteiger partial charge in [-0.15, -0.1) is 0 Å². The van der Waals surface area contributed by atoms with E-state index in [2.05, 4.69) is 45.1 Å². The van der Waals surface area contributed by atoms with Crippen molar-refractivity contribution < 1.29 is 0 Å². The Morgan fingerprint density at radius 3 is 2.71 bits per heavy atom. The molecule has 94 valence electrons. The van der Waals surface area contributed by atoms with Crippen LogP contribution >= 0.6 is 15.9 Å². The highest BCUT2D eigenvalue weighted by atomic mass is 79.9. The molecule has 0 amide bonds. The predicted octanol–water partition coefficient (Wildman–Crippen LogP) is 3.79. The first-order valence-corrected chi connectivity index (χ1v) is 7.18. The van der Waals surface area contributed by atoms with Crippen LogP contribution in [0.1, 0.15) is 45.4 Å². The van der Waals surface area contributed by atoms with E-state index < -0.39 is 0 Å². The lowest BCUT2D eigenvalue weighted by molar-refractivity contribution is 0.361. The Hall–Kier alpha value is -0.640. The van der Waals surface area contributed by atoms with Crippen LogP contribution in [0.25, 0.3) is 0 Å². The van der Waals surface area contributed by atoms with Crippen molar-refractivity contribution >= 4 is 21.7 Å². The number of rotatable bonds is 4. The molecule has 1 aliphatic rings. The summed E-state index contributed by atoms with van der Waals surface area (Å²) in [5.41, 5.74) is 0.448. The molecule has 1 aliphatic carbocycles. The molecule has 0 aliphatic heterocycles. The average Bonchev–Trinajstić information content (AvgIpc) is 2.73. The fourth-order valence-electron chi connectivity index (χ4n) is 2.42. The third-order valence-corrected chi connectivity index (χ3v) is 3.97. The van der Waals surface area contributed by atoms with Crippen LogP contribution in [0.2, 0.25) is 0 Å². The van der Waals surface area contributed by atoms with Crippen molar-refractivity contribution in [1.29, 1.82) is 0 Å². The highest BCUT2D eigenvalue weighted by Crippen LogP contribution is 2.37. The van der Waals surface area contributed by atoms with Crippen LogP contribution in [0.5, 0.6) is 0 Å². The maximum Gasteiger partial charge on any atom is 0.131 e. The normalized spacial score (nSPS) is 18.3. The third kappa shape index (κ3) is 3.41. The number of hydrogen-bond acceptors (Lipinski definition) is 3. The van der Waals surface area contributed by atoms with Gasteiger partial charge >= 0.3 is 0 Å². The number of halogens is 1. The molecule has 0 spiro atoms. The molecule has 1 aromatic rings. The second-order valence-corrected chi connectivity index (χ2v) is 6.03. The molecule has 1 fully saturated rings. The smallest absolute Gasteiger partial charge is 0.131 e. The van der Waals surface area contributed by atoms with Crippen molar-refractivity contribution in [1.82, 2.24) is 9.97 Å². The molecule has 0 atom stereocenters. The van der Waals surface area contributed by atoms with Crippen LogP contribution in [-0.2, 0) is 6.42 Å². The summed E-state index contributed by atoms with van der Waals surface area (Å²) in [5.74, 6) is 1.83. The predicted molar refractivity (Wildman–Crippen MR) is 74.2 cm³/mol. The molecular formula is C13H20BrN3. The number of hydrogen-bond donors (Lipinski definition) is 1. The van der Waals surface area contributed by atoms with Gasteiger partial charge in [0.15, 0.2) is 0 Å². The summed E-state index contributed by atoms with van der Waals surface area (Å²) in [4.78, 5) is 8.81. The van der Waals surface area contributed by atoms with E-state index in [-0.39, 0.29) is 0 Å². The van der Waals surface area contributed by atoms with Gasteiger partial charge in [-0.3, -0.25) is 0 Å². The number of aryl methyl sites for hydroxylation is 1. The SMILES string of the molecule is CCc1nc(Br)cc(NCC2(C)CCCC2)n1. The van der Waals surface area contributed by atoms with Crippen LogP contribution < -0.4 is 5.32 Å². The van der Waals surface area contributed by atoms with Gasteiger partial charge in [0.1, 0.15) is 16.2 Å². The first-order valence-electron chi connectivity index (χ1n) is 6.39. The van der Waals surface area contributed by atoms with Crippen molar-refractivity contribution in [2.24, 2.45) is 5.41 Å². The molecule has 17 heavy (non-hydrogen) atoms. The van der Waals surface area contributed by atoms with Crippen molar-refractivity contribution in [3.63, 3.8) is 0 Å². The minimum Gasteiger partial charge on any atom is -0.369 e. The highest BCUT2D eigenvalue weighted by Gasteiger charge is 2.28. The number of anilines is 1. The van der Waals surface area contributed by atoms with Gasteiger partial charge in [-0.05, 0) is 34.2 Å². The monoisotopic (exact) mass is 297 g/mol. The molecule has 4 heteroatoms. The molecule has 0 aromatic carbocycles. The summed E-state index contributed by atoms with van der Waals surface area (Å²) in [6, 6.07) is 1.96. The summed E-state index contributed by atoms with van der Waals surface area (Å²) < 4.78 is 0.864. The molecule has 0 radical (unpaired) electrons. The fourth-order valence-corrected chi connectivity index (χ4v) is 2.84. The van der Waals surface area contributed by atoms with Crippen LogP contribution in [0.15, 0.2) is 10.7 Å². The quantitative estimate of drug-likeness (QED) is 0.859.